The molecule has 6 nitrogen and oxygen atoms in total. The van der Waals surface area contributed by atoms with Crippen LogP contribution in [0.5, 0.6) is 5.75 Å². The lowest BCUT2D eigenvalue weighted by atomic mass is 10.2. The van der Waals surface area contributed by atoms with E-state index in [2.05, 4.69) is 24.0 Å². The Labute approximate surface area is 200 Å². The number of aromatic nitrogens is 3. The molecule has 0 saturated carbocycles. The minimum absolute atomic E-state index is 0.150. The van der Waals surface area contributed by atoms with E-state index in [1.807, 2.05) is 16.8 Å². The molecule has 1 amide bonds. The fourth-order valence-corrected chi connectivity index (χ4v) is 4.79. The Morgan fingerprint density at radius 3 is 2.84 bits per heavy atom. The third kappa shape index (κ3) is 5.41. The third-order valence-electron chi connectivity index (χ3n) is 4.98. The lowest BCUT2D eigenvalue weighted by molar-refractivity contribution is -0.120. The van der Waals surface area contributed by atoms with Gasteiger partial charge in [-0.05, 0) is 48.7 Å². The van der Waals surface area contributed by atoms with Gasteiger partial charge in [0.25, 0.3) is 5.91 Å². The van der Waals surface area contributed by atoms with Crippen molar-refractivity contribution < 1.29 is 9.53 Å². The van der Waals surface area contributed by atoms with Crippen LogP contribution >= 0.6 is 34.5 Å². The maximum Gasteiger partial charge on any atom is 0.266 e. The largest absolute Gasteiger partial charge is 0.482 e. The molecule has 0 fully saturated rings. The van der Waals surface area contributed by atoms with Gasteiger partial charge in [-0.1, -0.05) is 47.5 Å². The molecule has 2 aromatic carbocycles. The van der Waals surface area contributed by atoms with Crippen LogP contribution in [0.15, 0.2) is 55.1 Å². The maximum atomic E-state index is 13.2. The third-order valence-corrected chi connectivity index (χ3v) is 6.56. The summed E-state index contributed by atoms with van der Waals surface area (Å²) in [7, 11) is 0. The number of imidazole rings is 1. The minimum atomic E-state index is -0.184. The van der Waals surface area contributed by atoms with Gasteiger partial charge in [-0.3, -0.25) is 9.69 Å². The Kier molecular flexibility index (Phi) is 7.29. The molecule has 0 bridgehead atoms. The average molecular weight is 489 g/mol. The standard InChI is InChI=1S/C23H22Cl2N4O2S/c1-2-16-4-6-19-21(12-16)32-23(27-19)29(10-3-9-28-11-8-26-15-28)22(30)14-31-20-7-5-17(24)13-18(20)25/h4-8,11-13,15H,2-3,9-10,14H2,1H3. The van der Waals surface area contributed by atoms with Crippen LogP contribution in [0.2, 0.25) is 10.0 Å². The summed E-state index contributed by atoms with van der Waals surface area (Å²) >= 11 is 13.6. The number of benzene rings is 2. The summed E-state index contributed by atoms with van der Waals surface area (Å²) in [6.07, 6.45) is 7.11. The molecule has 0 atom stereocenters. The maximum absolute atomic E-state index is 13.2. The summed E-state index contributed by atoms with van der Waals surface area (Å²) in [6.45, 7) is 3.23. The van der Waals surface area contributed by atoms with Gasteiger partial charge in [0.15, 0.2) is 11.7 Å². The van der Waals surface area contributed by atoms with Crippen LogP contribution in [-0.4, -0.2) is 33.6 Å². The first-order valence-corrected chi connectivity index (χ1v) is 11.8. The number of anilines is 1. The van der Waals surface area contributed by atoms with Gasteiger partial charge in [-0.15, -0.1) is 0 Å². The van der Waals surface area contributed by atoms with Crippen molar-refractivity contribution in [3.63, 3.8) is 0 Å². The van der Waals surface area contributed by atoms with Crippen LogP contribution in [0, 0.1) is 0 Å². The van der Waals surface area contributed by atoms with Crippen LogP contribution in [0.3, 0.4) is 0 Å². The van der Waals surface area contributed by atoms with E-state index in [-0.39, 0.29) is 12.5 Å². The molecule has 2 heterocycles. The minimum Gasteiger partial charge on any atom is -0.482 e. The number of carbonyl (C=O) groups excluding carboxylic acids is 1. The Balaban J connectivity index is 1.52. The first kappa shape index (κ1) is 22.6. The smallest absolute Gasteiger partial charge is 0.266 e. The number of nitrogens with zero attached hydrogens (tertiary/aromatic N) is 4. The van der Waals surface area contributed by atoms with Gasteiger partial charge in [0.2, 0.25) is 0 Å². The van der Waals surface area contributed by atoms with Gasteiger partial charge in [0.1, 0.15) is 5.75 Å². The fourth-order valence-electron chi connectivity index (χ4n) is 3.26. The second kappa shape index (κ2) is 10.3. The number of ether oxygens (including phenoxy) is 1. The molecule has 4 rings (SSSR count). The molecule has 2 aromatic heterocycles. The molecule has 0 unspecified atom stereocenters. The average Bonchev–Trinajstić information content (AvgIpc) is 3.45. The van der Waals surface area contributed by atoms with Gasteiger partial charge in [0.05, 0.1) is 21.6 Å². The summed E-state index contributed by atoms with van der Waals surface area (Å²) in [4.78, 5) is 23.6. The molecule has 32 heavy (non-hydrogen) atoms. The first-order chi connectivity index (χ1) is 15.5. The number of carbonyl (C=O) groups is 1. The van der Waals surface area contributed by atoms with Crippen molar-refractivity contribution in [1.29, 1.82) is 0 Å². The number of rotatable bonds is 9. The van der Waals surface area contributed by atoms with Gasteiger partial charge in [0, 0.05) is 30.5 Å². The van der Waals surface area contributed by atoms with Crippen molar-refractivity contribution in [2.24, 2.45) is 0 Å². The van der Waals surface area contributed by atoms with E-state index >= 15 is 0 Å². The number of hydrogen-bond donors (Lipinski definition) is 0. The van der Waals surface area contributed by atoms with Crippen molar-refractivity contribution in [1.82, 2.24) is 14.5 Å². The molecule has 0 saturated heterocycles. The molecular weight excluding hydrogens is 467 g/mol. The van der Waals surface area contributed by atoms with E-state index in [0.29, 0.717) is 27.5 Å². The molecule has 4 aromatic rings. The molecule has 0 radical (unpaired) electrons. The monoisotopic (exact) mass is 488 g/mol. The van der Waals surface area contributed by atoms with E-state index in [4.69, 9.17) is 32.9 Å². The van der Waals surface area contributed by atoms with E-state index < -0.39 is 0 Å². The molecule has 0 aliphatic rings. The summed E-state index contributed by atoms with van der Waals surface area (Å²) in [5.41, 5.74) is 2.13. The van der Waals surface area contributed by atoms with Crippen molar-refractivity contribution in [3.8, 4) is 5.75 Å². The number of thiazole rings is 1. The molecular formula is C23H22Cl2N4O2S. The van der Waals surface area contributed by atoms with E-state index in [9.17, 15) is 4.79 Å². The predicted molar refractivity (Wildman–Crippen MR) is 130 cm³/mol. The second-order valence-electron chi connectivity index (χ2n) is 7.21. The van der Waals surface area contributed by atoms with E-state index in [0.717, 1.165) is 29.6 Å². The van der Waals surface area contributed by atoms with Crippen LogP contribution in [-0.2, 0) is 17.8 Å². The van der Waals surface area contributed by atoms with E-state index in [1.54, 1.807) is 35.6 Å². The van der Waals surface area contributed by atoms with Crippen molar-refractivity contribution in [2.75, 3.05) is 18.1 Å². The Hall–Kier alpha value is -2.61. The van der Waals surface area contributed by atoms with Crippen molar-refractivity contribution in [3.05, 3.63) is 70.7 Å². The van der Waals surface area contributed by atoms with Gasteiger partial charge >= 0.3 is 0 Å². The molecule has 9 heteroatoms. The zero-order valence-corrected chi connectivity index (χ0v) is 19.8. The lowest BCUT2D eigenvalue weighted by Gasteiger charge is -2.20. The predicted octanol–water partition coefficient (Wildman–Crippen LogP) is 5.86. The zero-order valence-electron chi connectivity index (χ0n) is 17.5. The number of aryl methyl sites for hydroxylation is 2. The van der Waals surface area contributed by atoms with Crippen LogP contribution in [0.4, 0.5) is 5.13 Å². The molecule has 0 N–H and O–H groups in total. The highest BCUT2D eigenvalue weighted by molar-refractivity contribution is 7.22. The Morgan fingerprint density at radius 1 is 1.22 bits per heavy atom. The second-order valence-corrected chi connectivity index (χ2v) is 9.07. The first-order valence-electron chi connectivity index (χ1n) is 10.3. The quantitative estimate of drug-likeness (QED) is 0.295. The summed E-state index contributed by atoms with van der Waals surface area (Å²) in [6, 6.07) is 11.1. The topological polar surface area (TPSA) is 60.2 Å². The van der Waals surface area contributed by atoms with E-state index in [1.165, 1.54) is 16.9 Å². The number of amides is 1. The molecule has 0 aliphatic carbocycles. The van der Waals surface area contributed by atoms with Crippen molar-refractivity contribution >= 4 is 55.8 Å². The summed E-state index contributed by atoms with van der Waals surface area (Å²) in [5, 5.41) is 1.54. The number of halogens is 2. The SMILES string of the molecule is CCc1ccc2nc(N(CCCn3ccnc3)C(=O)COc3ccc(Cl)cc3Cl)sc2c1. The fraction of sp³-hybridized carbons (Fsp3) is 0.261. The van der Waals surface area contributed by atoms with Gasteiger partial charge in [-0.25, -0.2) is 9.97 Å². The van der Waals surface area contributed by atoms with Crippen LogP contribution < -0.4 is 9.64 Å². The van der Waals surface area contributed by atoms with Crippen molar-refractivity contribution in [2.45, 2.75) is 26.3 Å². The Morgan fingerprint density at radius 2 is 2.09 bits per heavy atom. The zero-order chi connectivity index (χ0) is 22.5. The summed E-state index contributed by atoms with van der Waals surface area (Å²) in [5.74, 6) is 0.232. The highest BCUT2D eigenvalue weighted by Gasteiger charge is 2.21. The normalized spacial score (nSPS) is 11.1. The highest BCUT2D eigenvalue weighted by Crippen LogP contribution is 2.31. The number of hydrogen-bond acceptors (Lipinski definition) is 5. The Bertz CT molecular complexity index is 1210. The summed E-state index contributed by atoms with van der Waals surface area (Å²) < 4.78 is 8.75. The van der Waals surface area contributed by atoms with Crippen LogP contribution in [0.25, 0.3) is 10.2 Å². The molecule has 0 aliphatic heterocycles. The van der Waals surface area contributed by atoms with Crippen LogP contribution in [0.1, 0.15) is 18.9 Å². The molecule has 166 valence electrons. The lowest BCUT2D eigenvalue weighted by Crippen LogP contribution is -2.36. The number of fused-ring (bicyclic) bond motifs is 1. The molecule has 0 spiro atoms. The highest BCUT2D eigenvalue weighted by atomic mass is 35.5. The van der Waals surface area contributed by atoms with Gasteiger partial charge in [-0.2, -0.15) is 0 Å². The van der Waals surface area contributed by atoms with Gasteiger partial charge < -0.3 is 9.30 Å².